The molecule has 1 aliphatic rings. The Morgan fingerprint density at radius 3 is 3.17 bits per heavy atom. The highest BCUT2D eigenvalue weighted by atomic mass is 16.5. The minimum Gasteiger partial charge on any atom is -0.619 e. The highest BCUT2D eigenvalue weighted by molar-refractivity contribution is 5.99. The molecule has 0 saturated heterocycles. The average Bonchev–Trinajstić information content (AvgIpc) is 2.48. The second kappa shape index (κ2) is 2.13. The van der Waals surface area contributed by atoms with Gasteiger partial charge in [0.05, 0.1) is 6.33 Å². The van der Waals surface area contributed by atoms with E-state index in [1.54, 1.807) is 0 Å². The van der Waals surface area contributed by atoms with Crippen molar-refractivity contribution in [2.24, 2.45) is 10.7 Å². The van der Waals surface area contributed by atoms with Crippen molar-refractivity contribution in [1.82, 2.24) is 9.97 Å². The molecule has 7 nitrogen and oxygen atoms in total. The Kier molecular flexibility index (Phi) is 1.23. The fourth-order valence-corrected chi connectivity index (χ4v) is 0.934. The number of carbonyl (C=O) groups is 1. The molecular weight excluding hydrogens is 162 g/mol. The minimum absolute atomic E-state index is 0.106. The highest BCUT2D eigenvalue weighted by Crippen LogP contribution is 2.13. The number of rotatable bonds is 0. The number of guanidine groups is 1. The van der Waals surface area contributed by atoms with Crippen LogP contribution in [0.15, 0.2) is 11.3 Å². The first-order chi connectivity index (χ1) is 5.70. The molecule has 62 valence electrons. The molecule has 1 aromatic rings. The SMILES string of the molecule is NC1=Nc2nc[nH]c2C(=O)[NH+]1[O-]. The van der Waals surface area contributed by atoms with E-state index in [0.717, 1.165) is 0 Å². The molecule has 7 heteroatoms. The molecule has 0 spiro atoms. The Balaban J connectivity index is 2.60. The van der Waals surface area contributed by atoms with Gasteiger partial charge < -0.3 is 15.9 Å². The molecule has 1 atom stereocenters. The number of imidazole rings is 1. The van der Waals surface area contributed by atoms with E-state index >= 15 is 0 Å². The standard InChI is InChI=1S/C5H5N5O2/c6-5-9-3-2(7-1-8-3)4(11)10(5)12/h1,10H,(H2,6,9)(H,7,8). The van der Waals surface area contributed by atoms with Gasteiger partial charge in [-0.25, -0.2) is 14.8 Å². The summed E-state index contributed by atoms with van der Waals surface area (Å²) in [7, 11) is 0. The fourth-order valence-electron chi connectivity index (χ4n) is 0.934. The number of nitrogens with two attached hydrogens (primary N) is 1. The van der Waals surface area contributed by atoms with Crippen LogP contribution in [-0.2, 0) is 0 Å². The first-order valence-electron chi connectivity index (χ1n) is 3.16. The van der Waals surface area contributed by atoms with Crippen LogP contribution in [0.3, 0.4) is 0 Å². The average molecular weight is 167 g/mol. The third kappa shape index (κ3) is 0.742. The molecule has 0 fully saturated rings. The number of amides is 1. The van der Waals surface area contributed by atoms with Crippen molar-refractivity contribution in [2.45, 2.75) is 0 Å². The maximum atomic E-state index is 11.1. The third-order valence-corrected chi connectivity index (χ3v) is 1.51. The summed E-state index contributed by atoms with van der Waals surface area (Å²) in [6.07, 6.45) is 1.29. The lowest BCUT2D eigenvalue weighted by molar-refractivity contribution is -0.651. The number of hydrogen-bond donors (Lipinski definition) is 3. The summed E-state index contributed by atoms with van der Waals surface area (Å²) in [5, 5.41) is 10.1. The molecule has 0 saturated carbocycles. The second-order valence-corrected chi connectivity index (χ2v) is 2.26. The van der Waals surface area contributed by atoms with Crippen molar-refractivity contribution in [3.63, 3.8) is 0 Å². The number of nitrogens with one attached hydrogen (secondary N) is 2. The number of quaternary nitrogens is 1. The third-order valence-electron chi connectivity index (χ3n) is 1.51. The van der Waals surface area contributed by atoms with E-state index in [1.807, 2.05) is 0 Å². The lowest BCUT2D eigenvalue weighted by Gasteiger charge is -2.19. The van der Waals surface area contributed by atoms with Crippen molar-refractivity contribution in [3.05, 3.63) is 17.2 Å². The van der Waals surface area contributed by atoms with Crippen LogP contribution in [0.25, 0.3) is 0 Å². The number of carbonyl (C=O) groups excluding carboxylic acids is 1. The van der Waals surface area contributed by atoms with Crippen LogP contribution >= 0.6 is 0 Å². The number of hydroxylamine groups is 2. The van der Waals surface area contributed by atoms with Crippen LogP contribution < -0.4 is 10.8 Å². The summed E-state index contributed by atoms with van der Waals surface area (Å²) in [4.78, 5) is 20.9. The fraction of sp³-hybridized carbons (Fsp3) is 0. The molecule has 2 rings (SSSR count). The van der Waals surface area contributed by atoms with Gasteiger partial charge in [0.1, 0.15) is 0 Å². The Hall–Kier alpha value is -1.73. The number of fused-ring (bicyclic) bond motifs is 1. The van der Waals surface area contributed by atoms with Gasteiger partial charge in [0.25, 0.3) is 0 Å². The molecule has 12 heavy (non-hydrogen) atoms. The zero-order valence-electron chi connectivity index (χ0n) is 5.87. The van der Waals surface area contributed by atoms with E-state index < -0.39 is 11.0 Å². The Morgan fingerprint density at radius 2 is 2.42 bits per heavy atom. The number of aliphatic imine (C=N–C) groups is 1. The van der Waals surface area contributed by atoms with Gasteiger partial charge >= 0.3 is 11.9 Å². The summed E-state index contributed by atoms with van der Waals surface area (Å²) in [6.45, 7) is 0. The molecule has 4 N–H and O–H groups in total. The maximum Gasteiger partial charge on any atom is 0.372 e. The Labute approximate surface area is 66.5 Å². The zero-order chi connectivity index (χ0) is 8.72. The molecule has 1 aromatic heterocycles. The van der Waals surface area contributed by atoms with Gasteiger partial charge in [0.2, 0.25) is 0 Å². The second-order valence-electron chi connectivity index (χ2n) is 2.26. The largest absolute Gasteiger partial charge is 0.619 e. The Bertz CT molecular complexity index is 368. The van der Waals surface area contributed by atoms with Crippen molar-refractivity contribution in [3.8, 4) is 0 Å². The lowest BCUT2D eigenvalue weighted by Crippen LogP contribution is -3.14. The molecule has 0 aromatic carbocycles. The van der Waals surface area contributed by atoms with Gasteiger partial charge in [-0.2, -0.15) is 4.99 Å². The number of nitrogens with zero attached hydrogens (tertiary/aromatic N) is 2. The number of H-pyrrole nitrogens is 1. The summed E-state index contributed by atoms with van der Waals surface area (Å²) in [5.74, 6) is -0.813. The normalized spacial score (nSPS) is 21.9. The van der Waals surface area contributed by atoms with Gasteiger partial charge in [-0.1, -0.05) is 0 Å². The van der Waals surface area contributed by atoms with Crippen LogP contribution in [0, 0.1) is 5.21 Å². The van der Waals surface area contributed by atoms with Crippen molar-refractivity contribution >= 4 is 17.7 Å². The monoisotopic (exact) mass is 167 g/mol. The van der Waals surface area contributed by atoms with Gasteiger partial charge in [-0.3, -0.25) is 0 Å². The van der Waals surface area contributed by atoms with E-state index in [1.165, 1.54) is 6.33 Å². The first kappa shape index (κ1) is 6.95. The molecule has 1 unspecified atom stereocenters. The molecule has 1 amide bonds. The zero-order valence-corrected chi connectivity index (χ0v) is 5.87. The first-order valence-corrected chi connectivity index (χ1v) is 3.16. The topological polar surface area (TPSA) is 112 Å². The molecular formula is C5H5N5O2. The summed E-state index contributed by atoms with van der Waals surface area (Å²) >= 11 is 0. The van der Waals surface area contributed by atoms with E-state index in [-0.39, 0.29) is 17.5 Å². The summed E-state index contributed by atoms with van der Waals surface area (Å²) in [6, 6.07) is 0. The predicted octanol–water partition coefficient (Wildman–Crippen LogP) is -2.11. The number of aromatic nitrogens is 2. The highest BCUT2D eigenvalue weighted by Gasteiger charge is 2.28. The van der Waals surface area contributed by atoms with Crippen LogP contribution in [-0.4, -0.2) is 21.8 Å². The lowest BCUT2D eigenvalue weighted by atomic mass is 10.4. The Morgan fingerprint density at radius 1 is 1.67 bits per heavy atom. The number of hydrogen-bond acceptors (Lipinski definition) is 5. The molecule has 0 aliphatic carbocycles. The van der Waals surface area contributed by atoms with Crippen molar-refractivity contribution in [2.75, 3.05) is 0 Å². The van der Waals surface area contributed by atoms with Crippen LogP contribution in [0.1, 0.15) is 10.5 Å². The van der Waals surface area contributed by atoms with Gasteiger partial charge in [0, 0.05) is 0 Å². The molecule has 1 aliphatic heterocycles. The van der Waals surface area contributed by atoms with Gasteiger partial charge in [0.15, 0.2) is 11.5 Å². The maximum absolute atomic E-state index is 11.1. The summed E-state index contributed by atoms with van der Waals surface area (Å²) in [5.41, 5.74) is 5.27. The van der Waals surface area contributed by atoms with Crippen molar-refractivity contribution < 1.29 is 9.86 Å². The molecule has 0 bridgehead atoms. The van der Waals surface area contributed by atoms with Gasteiger partial charge in [-0.05, 0) is 0 Å². The quantitative estimate of drug-likeness (QED) is 0.384. The van der Waals surface area contributed by atoms with Crippen LogP contribution in [0.4, 0.5) is 5.82 Å². The van der Waals surface area contributed by atoms with Crippen LogP contribution in [0.5, 0.6) is 0 Å². The van der Waals surface area contributed by atoms with E-state index in [0.29, 0.717) is 0 Å². The molecule has 2 heterocycles. The smallest absolute Gasteiger partial charge is 0.372 e. The van der Waals surface area contributed by atoms with E-state index in [9.17, 15) is 10.0 Å². The number of aromatic amines is 1. The van der Waals surface area contributed by atoms with Crippen molar-refractivity contribution in [1.29, 1.82) is 0 Å². The van der Waals surface area contributed by atoms with E-state index in [2.05, 4.69) is 15.0 Å². The predicted molar refractivity (Wildman–Crippen MR) is 38.5 cm³/mol. The van der Waals surface area contributed by atoms with Crippen LogP contribution in [0.2, 0.25) is 0 Å². The molecule has 0 radical (unpaired) electrons. The van der Waals surface area contributed by atoms with E-state index in [4.69, 9.17) is 5.73 Å². The van der Waals surface area contributed by atoms with Gasteiger partial charge in [-0.15, -0.1) is 0 Å². The minimum atomic E-state index is -0.785. The summed E-state index contributed by atoms with van der Waals surface area (Å²) < 4.78 is 0.